The molecule has 0 saturated carbocycles. The summed E-state index contributed by atoms with van der Waals surface area (Å²) < 4.78 is 44.0. The molecule has 244 valence electrons. The van der Waals surface area contributed by atoms with Gasteiger partial charge in [-0.3, -0.25) is 14.5 Å². The maximum Gasteiger partial charge on any atom is 0.408 e. The summed E-state index contributed by atoms with van der Waals surface area (Å²) >= 11 is 7.93. The molecule has 4 rings (SSSR count). The zero-order valence-electron chi connectivity index (χ0n) is 26.1. The Morgan fingerprint density at radius 2 is 1.69 bits per heavy atom. The van der Waals surface area contributed by atoms with Crippen LogP contribution in [0.15, 0.2) is 18.2 Å². The molecule has 10 nitrogen and oxygen atoms in total. The Morgan fingerprint density at radius 1 is 1.04 bits per heavy atom. The van der Waals surface area contributed by atoms with Crippen molar-refractivity contribution in [1.82, 2.24) is 4.90 Å². The van der Waals surface area contributed by atoms with Crippen LogP contribution in [-0.2, 0) is 16.1 Å². The van der Waals surface area contributed by atoms with Gasteiger partial charge < -0.3 is 28.8 Å². The molecule has 1 aliphatic rings. The Labute approximate surface area is 269 Å². The number of hydrogen-bond donors (Lipinski definition) is 1. The second kappa shape index (κ2) is 14.1. The zero-order valence-corrected chi connectivity index (χ0v) is 27.7. The fourth-order valence-electron chi connectivity index (χ4n) is 5.40. The van der Waals surface area contributed by atoms with Gasteiger partial charge in [0.2, 0.25) is 0 Å². The SMILES string of the molecule is CCOC(=O)CCC(=O)c1cc2c(Cl)c(OCCCOc3c(OC)cc4c(c3F)CN(C(=O)O)C4C(C)(C)C)c(OC)cc2s1. The summed E-state index contributed by atoms with van der Waals surface area (Å²) in [7, 11) is 2.88. The Bertz CT molecular complexity index is 1600. The topological polar surface area (TPSA) is 121 Å². The van der Waals surface area contributed by atoms with Crippen LogP contribution in [0.2, 0.25) is 5.02 Å². The molecule has 0 spiro atoms. The molecule has 1 atom stereocenters. The fraction of sp³-hybridized carbons (Fsp3) is 0.469. The first-order valence-corrected chi connectivity index (χ1v) is 15.6. The number of hydrogen-bond acceptors (Lipinski definition) is 9. The van der Waals surface area contributed by atoms with Gasteiger partial charge in [0.25, 0.3) is 0 Å². The molecule has 1 unspecified atom stereocenters. The van der Waals surface area contributed by atoms with Crippen molar-refractivity contribution >= 4 is 50.9 Å². The number of rotatable bonds is 13. The van der Waals surface area contributed by atoms with Crippen molar-refractivity contribution < 1.29 is 47.6 Å². The maximum absolute atomic E-state index is 15.7. The van der Waals surface area contributed by atoms with E-state index in [4.69, 9.17) is 35.3 Å². The van der Waals surface area contributed by atoms with Gasteiger partial charge in [-0.15, -0.1) is 11.3 Å². The number of benzene rings is 2. The highest BCUT2D eigenvalue weighted by Crippen LogP contribution is 2.50. The van der Waals surface area contributed by atoms with Crippen LogP contribution in [0.3, 0.4) is 0 Å². The van der Waals surface area contributed by atoms with Crippen molar-refractivity contribution in [3.8, 4) is 23.0 Å². The summed E-state index contributed by atoms with van der Waals surface area (Å²) in [5, 5.41) is 10.7. The first-order chi connectivity index (χ1) is 21.3. The van der Waals surface area contributed by atoms with E-state index in [9.17, 15) is 19.5 Å². The third-order valence-electron chi connectivity index (χ3n) is 7.36. The maximum atomic E-state index is 15.7. The molecule has 45 heavy (non-hydrogen) atoms. The molecule has 1 amide bonds. The smallest absolute Gasteiger partial charge is 0.408 e. The molecule has 3 aromatic rings. The molecular weight excluding hydrogens is 629 g/mol. The minimum Gasteiger partial charge on any atom is -0.493 e. The number of carbonyl (C=O) groups is 3. The lowest BCUT2D eigenvalue weighted by Gasteiger charge is -2.34. The molecule has 0 saturated heterocycles. The predicted octanol–water partition coefficient (Wildman–Crippen LogP) is 7.67. The van der Waals surface area contributed by atoms with Crippen LogP contribution >= 0.6 is 22.9 Å². The third-order valence-corrected chi connectivity index (χ3v) is 8.86. The summed E-state index contributed by atoms with van der Waals surface area (Å²) in [6, 6.07) is 4.51. The molecule has 1 N–H and O–H groups in total. The van der Waals surface area contributed by atoms with Gasteiger partial charge in [-0.05, 0) is 30.0 Å². The first-order valence-electron chi connectivity index (χ1n) is 14.5. The van der Waals surface area contributed by atoms with Crippen molar-refractivity contribution in [2.45, 2.75) is 59.5 Å². The lowest BCUT2D eigenvalue weighted by molar-refractivity contribution is -0.143. The van der Waals surface area contributed by atoms with Crippen molar-refractivity contribution in [3.63, 3.8) is 0 Å². The number of esters is 1. The highest BCUT2D eigenvalue weighted by atomic mass is 35.5. The quantitative estimate of drug-likeness (QED) is 0.111. The van der Waals surface area contributed by atoms with E-state index < -0.39 is 29.3 Å². The van der Waals surface area contributed by atoms with Crippen LogP contribution in [0.25, 0.3) is 10.1 Å². The van der Waals surface area contributed by atoms with Crippen molar-refractivity contribution in [2.24, 2.45) is 5.41 Å². The molecule has 0 radical (unpaired) electrons. The normalized spacial score (nSPS) is 14.3. The number of Topliss-reactive ketones (excluding diaryl/α,β-unsaturated/α-hetero) is 1. The van der Waals surface area contributed by atoms with Crippen LogP contribution in [0.5, 0.6) is 23.0 Å². The van der Waals surface area contributed by atoms with E-state index in [1.165, 1.54) is 30.5 Å². The Kier molecular flexibility index (Phi) is 10.7. The van der Waals surface area contributed by atoms with E-state index in [1.807, 2.05) is 20.8 Å². The average molecular weight is 666 g/mol. The number of methoxy groups -OCH3 is 2. The molecule has 0 bridgehead atoms. The van der Waals surface area contributed by atoms with Gasteiger partial charge in [0.15, 0.2) is 34.6 Å². The Balaban J connectivity index is 1.44. The number of ether oxygens (including phenoxy) is 5. The molecule has 0 aliphatic carbocycles. The van der Waals surface area contributed by atoms with E-state index in [2.05, 4.69) is 0 Å². The van der Waals surface area contributed by atoms with E-state index in [1.54, 1.807) is 25.1 Å². The van der Waals surface area contributed by atoms with Crippen molar-refractivity contribution in [1.29, 1.82) is 0 Å². The van der Waals surface area contributed by atoms with Gasteiger partial charge in [0, 0.05) is 34.6 Å². The largest absolute Gasteiger partial charge is 0.493 e. The van der Waals surface area contributed by atoms with Gasteiger partial charge in [0.05, 0.1) is 62.9 Å². The van der Waals surface area contributed by atoms with E-state index in [0.717, 1.165) is 4.70 Å². The highest BCUT2D eigenvalue weighted by Gasteiger charge is 2.43. The third kappa shape index (κ3) is 7.22. The number of ketones is 1. The molecule has 13 heteroatoms. The second-order valence-corrected chi connectivity index (χ2v) is 13.0. The summed E-state index contributed by atoms with van der Waals surface area (Å²) in [5.74, 6) is -0.522. The monoisotopic (exact) mass is 665 g/mol. The van der Waals surface area contributed by atoms with Gasteiger partial charge in [-0.25, -0.2) is 9.18 Å². The van der Waals surface area contributed by atoms with Gasteiger partial charge >= 0.3 is 12.1 Å². The fourth-order valence-corrected chi connectivity index (χ4v) is 6.83. The van der Waals surface area contributed by atoms with Gasteiger partial charge in [0.1, 0.15) is 0 Å². The number of amides is 1. The van der Waals surface area contributed by atoms with E-state index in [0.29, 0.717) is 33.7 Å². The minimum absolute atomic E-state index is 0.00610. The van der Waals surface area contributed by atoms with E-state index >= 15 is 4.39 Å². The highest BCUT2D eigenvalue weighted by molar-refractivity contribution is 7.21. The number of carbonyl (C=O) groups excluding carboxylic acids is 2. The van der Waals surface area contributed by atoms with Crippen LogP contribution in [0.4, 0.5) is 9.18 Å². The summed E-state index contributed by atoms with van der Waals surface area (Å²) in [6.45, 7) is 7.79. The summed E-state index contributed by atoms with van der Waals surface area (Å²) in [5.41, 5.74) is 0.351. The molecule has 2 heterocycles. The number of halogens is 2. The molecular formula is C32H37ClFNO9S. The molecule has 0 fully saturated rings. The Hall–Kier alpha value is -3.77. The van der Waals surface area contributed by atoms with Gasteiger partial charge in [-0.1, -0.05) is 32.4 Å². The second-order valence-electron chi connectivity index (χ2n) is 11.5. The molecule has 1 aromatic heterocycles. The zero-order chi connectivity index (χ0) is 33.1. The molecule has 1 aliphatic heterocycles. The Morgan fingerprint density at radius 3 is 2.29 bits per heavy atom. The van der Waals surface area contributed by atoms with Crippen LogP contribution in [0, 0.1) is 11.2 Å². The lowest BCUT2D eigenvalue weighted by atomic mass is 9.82. The van der Waals surface area contributed by atoms with Crippen LogP contribution in [-0.4, -0.2) is 61.9 Å². The summed E-state index contributed by atoms with van der Waals surface area (Å²) in [6.07, 6.45) is -0.775. The minimum atomic E-state index is -1.13. The number of fused-ring (bicyclic) bond motifs is 2. The van der Waals surface area contributed by atoms with Crippen LogP contribution < -0.4 is 18.9 Å². The average Bonchev–Trinajstić information content (AvgIpc) is 3.60. The number of carboxylic acid groups (broad SMARTS) is 1. The van der Waals surface area contributed by atoms with Gasteiger partial charge in [-0.2, -0.15) is 0 Å². The lowest BCUT2D eigenvalue weighted by Crippen LogP contribution is -2.35. The number of thiophene rings is 1. The van der Waals surface area contributed by atoms with Crippen molar-refractivity contribution in [2.75, 3.05) is 34.0 Å². The van der Waals surface area contributed by atoms with Crippen LogP contribution in [0.1, 0.15) is 73.8 Å². The first kappa shape index (κ1) is 34.1. The number of nitrogens with zero attached hydrogens (tertiary/aromatic N) is 1. The predicted molar refractivity (Wildman–Crippen MR) is 168 cm³/mol. The van der Waals surface area contributed by atoms with E-state index in [-0.39, 0.29) is 67.1 Å². The summed E-state index contributed by atoms with van der Waals surface area (Å²) in [4.78, 5) is 38.0. The molecule has 2 aromatic carbocycles. The van der Waals surface area contributed by atoms with Crippen molar-refractivity contribution in [3.05, 3.63) is 45.0 Å². The standard InChI is InChI=1S/C32H37ClFNO9S/c1-7-42-25(37)10-9-20(36)24-14-18-23(45-24)15-22(41-6)28(26(18)33)43-11-8-12-44-29-21(40-5)13-17-19(27(29)34)16-35(31(38)39)30(17)32(2,3)4/h13-15,30H,7-12,16H2,1-6H3,(H,38,39).